The SMILES string of the molecule is COc1nc(-c2cccc(-c3cccc(-c4ccc([C@H](C)N)c(OC)n4)c3Cl)c2Cl)ccc1CN1CC[C@@H](O)C1. The Bertz CT molecular complexity index is 1530. The van der Waals surface area contributed by atoms with E-state index in [9.17, 15) is 5.11 Å². The highest BCUT2D eigenvalue weighted by atomic mass is 35.5. The molecule has 7 nitrogen and oxygen atoms in total. The number of aromatic nitrogens is 2. The highest BCUT2D eigenvalue weighted by Gasteiger charge is 2.23. The van der Waals surface area contributed by atoms with Crippen LogP contribution >= 0.6 is 23.2 Å². The molecule has 5 rings (SSSR count). The Morgan fingerprint density at radius 3 is 1.95 bits per heavy atom. The van der Waals surface area contributed by atoms with Gasteiger partial charge in [-0.1, -0.05) is 65.7 Å². The molecule has 0 aliphatic carbocycles. The van der Waals surface area contributed by atoms with E-state index in [1.54, 1.807) is 14.2 Å². The van der Waals surface area contributed by atoms with Crippen molar-refractivity contribution in [2.45, 2.75) is 32.0 Å². The van der Waals surface area contributed by atoms with E-state index >= 15 is 0 Å². The van der Waals surface area contributed by atoms with E-state index in [0.717, 1.165) is 46.3 Å². The molecule has 2 aromatic heterocycles. The first kappa shape index (κ1) is 28.3. The van der Waals surface area contributed by atoms with E-state index in [4.69, 9.17) is 43.4 Å². The molecule has 1 saturated heterocycles. The second-order valence-electron chi connectivity index (χ2n) is 9.96. The van der Waals surface area contributed by atoms with Gasteiger partial charge in [-0.25, -0.2) is 9.97 Å². The molecule has 0 unspecified atom stereocenters. The average molecular weight is 580 g/mol. The molecule has 208 valence electrons. The molecule has 3 N–H and O–H groups in total. The lowest BCUT2D eigenvalue weighted by Gasteiger charge is -2.18. The molecule has 40 heavy (non-hydrogen) atoms. The Labute approximate surface area is 244 Å². The summed E-state index contributed by atoms with van der Waals surface area (Å²) in [6, 6.07) is 19.1. The van der Waals surface area contributed by atoms with Crippen molar-refractivity contribution in [3.8, 4) is 45.4 Å². The zero-order valence-corrected chi connectivity index (χ0v) is 24.2. The van der Waals surface area contributed by atoms with E-state index in [0.29, 0.717) is 46.3 Å². The number of nitrogens with two attached hydrogens (primary N) is 1. The second kappa shape index (κ2) is 12.1. The molecule has 9 heteroatoms. The number of likely N-dealkylation sites (tertiary alicyclic amines) is 1. The van der Waals surface area contributed by atoms with Gasteiger partial charge in [-0.15, -0.1) is 0 Å². The van der Waals surface area contributed by atoms with Crippen LogP contribution in [0.3, 0.4) is 0 Å². The van der Waals surface area contributed by atoms with Crippen LogP contribution < -0.4 is 15.2 Å². The predicted molar refractivity (Wildman–Crippen MR) is 160 cm³/mol. The first-order valence-electron chi connectivity index (χ1n) is 13.1. The minimum Gasteiger partial charge on any atom is -0.481 e. The average Bonchev–Trinajstić information content (AvgIpc) is 3.37. The third-order valence-electron chi connectivity index (χ3n) is 7.19. The van der Waals surface area contributed by atoms with Crippen LogP contribution in [0.1, 0.15) is 30.5 Å². The topological polar surface area (TPSA) is 93.7 Å². The lowest BCUT2D eigenvalue weighted by molar-refractivity contribution is 0.174. The van der Waals surface area contributed by atoms with Gasteiger partial charge in [0, 0.05) is 59.1 Å². The number of nitrogens with zero attached hydrogens (tertiary/aromatic N) is 3. The van der Waals surface area contributed by atoms with Gasteiger partial charge in [-0.05, 0) is 31.5 Å². The maximum Gasteiger partial charge on any atom is 0.218 e. The third kappa shape index (κ3) is 5.66. The number of methoxy groups -OCH3 is 2. The van der Waals surface area contributed by atoms with E-state index in [1.807, 2.05) is 67.6 Å². The maximum absolute atomic E-state index is 9.88. The number of hydrogen-bond donors (Lipinski definition) is 2. The van der Waals surface area contributed by atoms with Gasteiger partial charge in [0.05, 0.1) is 41.8 Å². The van der Waals surface area contributed by atoms with Crippen LogP contribution in [-0.2, 0) is 6.54 Å². The fourth-order valence-corrected chi connectivity index (χ4v) is 5.75. The quantitative estimate of drug-likeness (QED) is 0.250. The second-order valence-corrected chi connectivity index (χ2v) is 10.7. The smallest absolute Gasteiger partial charge is 0.218 e. The minimum absolute atomic E-state index is 0.214. The molecule has 4 aromatic rings. The van der Waals surface area contributed by atoms with Crippen LogP contribution in [-0.4, -0.2) is 53.4 Å². The molecule has 0 saturated carbocycles. The number of rotatable bonds is 8. The van der Waals surface area contributed by atoms with Crippen LogP contribution in [0.15, 0.2) is 60.7 Å². The summed E-state index contributed by atoms with van der Waals surface area (Å²) in [7, 11) is 3.19. The molecule has 1 fully saturated rings. The first-order valence-corrected chi connectivity index (χ1v) is 13.9. The zero-order chi connectivity index (χ0) is 28.4. The van der Waals surface area contributed by atoms with Crippen molar-refractivity contribution in [1.82, 2.24) is 14.9 Å². The number of benzene rings is 2. The number of aliphatic hydroxyl groups excluding tert-OH is 1. The molecular formula is C31H32Cl2N4O3. The molecule has 0 amide bonds. The van der Waals surface area contributed by atoms with Crippen LogP contribution in [0.25, 0.3) is 33.6 Å². The highest BCUT2D eigenvalue weighted by Crippen LogP contribution is 2.42. The van der Waals surface area contributed by atoms with Crippen molar-refractivity contribution in [3.05, 3.63) is 81.8 Å². The molecule has 2 atom stereocenters. The number of ether oxygens (including phenoxy) is 2. The van der Waals surface area contributed by atoms with E-state index in [2.05, 4.69) is 9.88 Å². The molecule has 0 radical (unpaired) electrons. The van der Waals surface area contributed by atoms with Crippen LogP contribution in [0.4, 0.5) is 0 Å². The molecule has 3 heterocycles. The summed E-state index contributed by atoms with van der Waals surface area (Å²) in [5.74, 6) is 1.01. The summed E-state index contributed by atoms with van der Waals surface area (Å²) < 4.78 is 11.1. The number of β-amino-alcohol motifs (C(OH)–C–C–N with tert-alkyl or cyclic N) is 1. The predicted octanol–water partition coefficient (Wildman–Crippen LogP) is 6.39. The van der Waals surface area contributed by atoms with Crippen molar-refractivity contribution in [2.24, 2.45) is 5.73 Å². The van der Waals surface area contributed by atoms with Gasteiger partial charge in [0.2, 0.25) is 11.8 Å². The molecule has 1 aliphatic rings. The fourth-order valence-electron chi connectivity index (χ4n) is 5.10. The molecular weight excluding hydrogens is 547 g/mol. The maximum atomic E-state index is 9.88. The molecule has 0 spiro atoms. The largest absolute Gasteiger partial charge is 0.481 e. The Morgan fingerprint density at radius 1 is 0.875 bits per heavy atom. The Hall–Kier alpha value is -3.20. The van der Waals surface area contributed by atoms with Crippen molar-refractivity contribution in [1.29, 1.82) is 0 Å². The van der Waals surface area contributed by atoms with Crippen molar-refractivity contribution >= 4 is 23.2 Å². The third-order valence-corrected chi connectivity index (χ3v) is 8.00. The summed E-state index contributed by atoms with van der Waals surface area (Å²) in [5, 5.41) is 10.9. The molecule has 2 aromatic carbocycles. The van der Waals surface area contributed by atoms with Gasteiger partial charge < -0.3 is 20.3 Å². The van der Waals surface area contributed by atoms with Crippen molar-refractivity contribution < 1.29 is 14.6 Å². The van der Waals surface area contributed by atoms with Crippen LogP contribution in [0.5, 0.6) is 11.8 Å². The van der Waals surface area contributed by atoms with Gasteiger partial charge in [-0.3, -0.25) is 4.90 Å². The lowest BCUT2D eigenvalue weighted by atomic mass is 9.98. The summed E-state index contributed by atoms with van der Waals surface area (Å²) in [5.41, 5.74) is 12.3. The standard InChI is InChI=1S/C31H32Cl2N4O3/c1-18(34)21-11-13-27(36-31(21)40-3)25-9-5-7-23(29(25)33)22-6-4-8-24(28(22)32)26-12-10-19(30(35-26)39-2)16-37-15-14-20(38)17-37/h4-13,18,20,38H,14-17,34H2,1-3H3/t18-,20+/m0/s1. The van der Waals surface area contributed by atoms with E-state index < -0.39 is 0 Å². The van der Waals surface area contributed by atoms with Gasteiger partial charge in [-0.2, -0.15) is 0 Å². The normalized spacial score (nSPS) is 16.2. The van der Waals surface area contributed by atoms with Gasteiger partial charge in [0.25, 0.3) is 0 Å². The number of hydrogen-bond acceptors (Lipinski definition) is 7. The monoisotopic (exact) mass is 578 g/mol. The number of pyridine rings is 2. The fraction of sp³-hybridized carbons (Fsp3) is 0.290. The first-order chi connectivity index (χ1) is 19.3. The van der Waals surface area contributed by atoms with E-state index in [-0.39, 0.29) is 12.1 Å². The summed E-state index contributed by atoms with van der Waals surface area (Å²) in [4.78, 5) is 11.7. The zero-order valence-electron chi connectivity index (χ0n) is 22.7. The Morgan fingerprint density at radius 2 is 1.43 bits per heavy atom. The summed E-state index contributed by atoms with van der Waals surface area (Å²) in [6.07, 6.45) is 0.499. The van der Waals surface area contributed by atoms with Gasteiger partial charge in [0.15, 0.2) is 0 Å². The van der Waals surface area contributed by atoms with Crippen molar-refractivity contribution in [3.63, 3.8) is 0 Å². The Balaban J connectivity index is 1.50. The molecule has 0 bridgehead atoms. The van der Waals surface area contributed by atoms with Crippen LogP contribution in [0.2, 0.25) is 10.0 Å². The van der Waals surface area contributed by atoms with Gasteiger partial charge >= 0.3 is 0 Å². The highest BCUT2D eigenvalue weighted by molar-refractivity contribution is 6.39. The summed E-state index contributed by atoms with van der Waals surface area (Å²) in [6.45, 7) is 4.04. The van der Waals surface area contributed by atoms with Gasteiger partial charge in [0.1, 0.15) is 0 Å². The number of halogens is 2. The van der Waals surface area contributed by atoms with Crippen molar-refractivity contribution in [2.75, 3.05) is 27.3 Å². The van der Waals surface area contributed by atoms with E-state index in [1.165, 1.54) is 0 Å². The molecule has 1 aliphatic heterocycles. The number of aliphatic hydroxyl groups is 1. The van der Waals surface area contributed by atoms with Crippen LogP contribution in [0, 0.1) is 0 Å². The minimum atomic E-state index is -0.281. The Kier molecular flexibility index (Phi) is 8.59. The lowest BCUT2D eigenvalue weighted by Crippen LogP contribution is -2.22. The summed E-state index contributed by atoms with van der Waals surface area (Å²) >= 11 is 14.0.